The molecule has 0 aliphatic rings. The smallest absolute Gasteiger partial charge is 0.352 e. The molecule has 0 atom stereocenters. The third kappa shape index (κ3) is 1.69. The normalized spacial score (nSPS) is 9.64. The first-order chi connectivity index (χ1) is 6.60. The van der Waals surface area contributed by atoms with E-state index in [0.29, 0.717) is 0 Å². The first kappa shape index (κ1) is 10.1. The van der Waals surface area contributed by atoms with Crippen LogP contribution in [-0.4, -0.2) is 22.0 Å². The van der Waals surface area contributed by atoms with Crippen LogP contribution in [0.2, 0.25) is 0 Å². The number of ether oxygens (including phenoxy) is 1. The van der Waals surface area contributed by atoms with E-state index < -0.39 is 4.92 Å². The molecule has 0 saturated carbocycles. The van der Waals surface area contributed by atoms with Crippen LogP contribution < -0.4 is 16.0 Å². The van der Waals surface area contributed by atoms with Gasteiger partial charge in [0.25, 0.3) is 5.88 Å². The third-order valence-corrected chi connectivity index (χ3v) is 1.53. The molecule has 14 heavy (non-hydrogen) atoms. The highest BCUT2D eigenvalue weighted by atomic mass is 16.6. The third-order valence-electron chi connectivity index (χ3n) is 1.53. The SMILES string of the molecule is COc1nc(NN)nc(C)c1[N+](=O)[O-]. The van der Waals surface area contributed by atoms with Crippen LogP contribution in [0.4, 0.5) is 11.6 Å². The summed E-state index contributed by atoms with van der Waals surface area (Å²) in [6.45, 7) is 1.48. The molecule has 8 heteroatoms. The Kier molecular flexibility index (Phi) is 2.77. The number of anilines is 1. The second-order valence-corrected chi connectivity index (χ2v) is 2.39. The molecule has 0 aliphatic heterocycles. The number of nitrogens with one attached hydrogen (secondary N) is 1. The predicted molar refractivity (Wildman–Crippen MR) is 47.8 cm³/mol. The van der Waals surface area contributed by atoms with Crippen LogP contribution in [0.15, 0.2) is 0 Å². The summed E-state index contributed by atoms with van der Waals surface area (Å²) in [6, 6.07) is 0. The van der Waals surface area contributed by atoms with E-state index in [-0.39, 0.29) is 23.2 Å². The summed E-state index contributed by atoms with van der Waals surface area (Å²) in [5, 5.41) is 10.6. The van der Waals surface area contributed by atoms with Gasteiger partial charge in [-0.3, -0.25) is 15.5 Å². The first-order valence-corrected chi connectivity index (χ1v) is 3.63. The molecule has 0 amide bonds. The van der Waals surface area contributed by atoms with E-state index in [1.165, 1.54) is 14.0 Å². The van der Waals surface area contributed by atoms with Crippen LogP contribution in [0.25, 0.3) is 0 Å². The standard InChI is InChI=1S/C6H9N5O3/c1-3-4(11(12)13)5(14-2)9-6(8-3)10-7/h7H2,1-2H3,(H,8,9,10). The quantitative estimate of drug-likeness (QED) is 0.399. The fraction of sp³-hybridized carbons (Fsp3) is 0.333. The molecular formula is C6H9N5O3. The number of hydrogen-bond acceptors (Lipinski definition) is 7. The van der Waals surface area contributed by atoms with Crippen LogP contribution in [0, 0.1) is 17.0 Å². The van der Waals surface area contributed by atoms with Crippen molar-refractivity contribution in [2.45, 2.75) is 6.92 Å². The molecule has 0 fully saturated rings. The van der Waals surface area contributed by atoms with Gasteiger partial charge in [0, 0.05) is 0 Å². The average Bonchev–Trinajstić information content (AvgIpc) is 2.15. The Morgan fingerprint density at radius 2 is 2.21 bits per heavy atom. The van der Waals surface area contributed by atoms with Crippen molar-refractivity contribution in [3.63, 3.8) is 0 Å². The molecule has 76 valence electrons. The molecule has 0 unspecified atom stereocenters. The highest BCUT2D eigenvalue weighted by Gasteiger charge is 2.22. The van der Waals surface area contributed by atoms with Gasteiger partial charge in [-0.05, 0) is 6.92 Å². The Morgan fingerprint density at radius 1 is 1.57 bits per heavy atom. The van der Waals surface area contributed by atoms with E-state index in [4.69, 9.17) is 10.6 Å². The minimum absolute atomic E-state index is 0.0740. The zero-order valence-electron chi connectivity index (χ0n) is 7.64. The molecule has 0 spiro atoms. The summed E-state index contributed by atoms with van der Waals surface area (Å²) < 4.78 is 4.74. The number of nitrogens with zero attached hydrogens (tertiary/aromatic N) is 3. The number of rotatable bonds is 3. The summed E-state index contributed by atoms with van der Waals surface area (Å²) in [5.74, 6) is 5.03. The van der Waals surface area contributed by atoms with E-state index in [1.807, 2.05) is 0 Å². The Balaban J connectivity index is 3.34. The molecular weight excluding hydrogens is 190 g/mol. The number of nitrogens with two attached hydrogens (primary N) is 1. The van der Waals surface area contributed by atoms with E-state index in [1.54, 1.807) is 0 Å². The first-order valence-electron chi connectivity index (χ1n) is 3.63. The van der Waals surface area contributed by atoms with E-state index >= 15 is 0 Å². The summed E-state index contributed by atoms with van der Waals surface area (Å²) in [4.78, 5) is 17.4. The van der Waals surface area contributed by atoms with Crippen molar-refractivity contribution in [3.8, 4) is 5.88 Å². The maximum atomic E-state index is 10.6. The van der Waals surface area contributed by atoms with Crippen LogP contribution in [0.3, 0.4) is 0 Å². The average molecular weight is 199 g/mol. The van der Waals surface area contributed by atoms with E-state index in [9.17, 15) is 10.1 Å². The molecule has 3 N–H and O–H groups in total. The second kappa shape index (κ2) is 3.83. The highest BCUT2D eigenvalue weighted by Crippen LogP contribution is 2.27. The highest BCUT2D eigenvalue weighted by molar-refractivity contribution is 5.48. The van der Waals surface area contributed by atoms with Gasteiger partial charge in [-0.2, -0.15) is 4.98 Å². The number of nitrogen functional groups attached to an aromatic ring is 1. The van der Waals surface area contributed by atoms with Crippen molar-refractivity contribution >= 4 is 11.6 Å². The van der Waals surface area contributed by atoms with Crippen LogP contribution in [0.1, 0.15) is 5.69 Å². The van der Waals surface area contributed by atoms with Gasteiger partial charge < -0.3 is 4.74 Å². The lowest BCUT2D eigenvalue weighted by Crippen LogP contribution is -2.12. The summed E-state index contributed by atoms with van der Waals surface area (Å²) in [6.07, 6.45) is 0. The van der Waals surface area contributed by atoms with Crippen LogP contribution in [-0.2, 0) is 0 Å². The number of hydrazine groups is 1. The number of methoxy groups -OCH3 is 1. The van der Waals surface area contributed by atoms with Gasteiger partial charge >= 0.3 is 5.69 Å². The van der Waals surface area contributed by atoms with Crippen molar-refractivity contribution in [1.82, 2.24) is 9.97 Å². The molecule has 8 nitrogen and oxygen atoms in total. The maximum absolute atomic E-state index is 10.6. The largest absolute Gasteiger partial charge is 0.476 e. The van der Waals surface area contributed by atoms with Crippen molar-refractivity contribution in [2.24, 2.45) is 5.84 Å². The van der Waals surface area contributed by atoms with Gasteiger partial charge in [-0.25, -0.2) is 10.8 Å². The van der Waals surface area contributed by atoms with Gasteiger partial charge in [-0.1, -0.05) is 0 Å². The lowest BCUT2D eigenvalue weighted by molar-refractivity contribution is -0.387. The molecule has 1 rings (SSSR count). The summed E-state index contributed by atoms with van der Waals surface area (Å²) in [7, 11) is 1.29. The van der Waals surface area contributed by atoms with Gasteiger partial charge in [0.05, 0.1) is 12.0 Å². The Bertz CT molecular complexity index is 367. The van der Waals surface area contributed by atoms with Gasteiger partial charge in [0.15, 0.2) is 0 Å². The maximum Gasteiger partial charge on any atom is 0.352 e. The van der Waals surface area contributed by atoms with Gasteiger partial charge in [0.1, 0.15) is 5.69 Å². The molecule has 1 aromatic heterocycles. The second-order valence-electron chi connectivity index (χ2n) is 2.39. The summed E-state index contributed by atoms with van der Waals surface area (Å²) in [5.41, 5.74) is 2.12. The van der Waals surface area contributed by atoms with Crippen molar-refractivity contribution < 1.29 is 9.66 Å². The fourth-order valence-electron chi connectivity index (χ4n) is 0.958. The predicted octanol–water partition coefficient (Wildman–Crippen LogP) is -0.0126. The zero-order valence-corrected chi connectivity index (χ0v) is 7.64. The zero-order chi connectivity index (χ0) is 10.7. The minimum atomic E-state index is -0.603. The molecule has 1 heterocycles. The molecule has 1 aromatic rings. The van der Waals surface area contributed by atoms with Crippen LogP contribution >= 0.6 is 0 Å². The monoisotopic (exact) mass is 199 g/mol. The van der Waals surface area contributed by atoms with Crippen molar-refractivity contribution in [1.29, 1.82) is 0 Å². The topological polar surface area (TPSA) is 116 Å². The number of aromatic nitrogens is 2. The summed E-state index contributed by atoms with van der Waals surface area (Å²) >= 11 is 0. The molecule has 0 aromatic carbocycles. The Hall–Kier alpha value is -1.96. The number of hydrogen-bond donors (Lipinski definition) is 2. The Morgan fingerprint density at radius 3 is 2.64 bits per heavy atom. The van der Waals surface area contributed by atoms with Crippen LogP contribution in [0.5, 0.6) is 5.88 Å². The lowest BCUT2D eigenvalue weighted by Gasteiger charge is -2.04. The molecule has 0 saturated heterocycles. The fourth-order valence-corrected chi connectivity index (χ4v) is 0.958. The molecule has 0 aliphatic carbocycles. The number of aryl methyl sites for hydroxylation is 1. The number of nitro groups is 1. The van der Waals surface area contributed by atoms with E-state index in [0.717, 1.165) is 0 Å². The lowest BCUT2D eigenvalue weighted by atomic mass is 10.4. The van der Waals surface area contributed by atoms with Crippen molar-refractivity contribution in [2.75, 3.05) is 12.5 Å². The van der Waals surface area contributed by atoms with Gasteiger partial charge in [-0.15, -0.1) is 0 Å². The van der Waals surface area contributed by atoms with E-state index in [2.05, 4.69) is 15.4 Å². The van der Waals surface area contributed by atoms with Gasteiger partial charge in [0.2, 0.25) is 5.95 Å². The minimum Gasteiger partial charge on any atom is -0.476 e. The Labute approximate surface area is 79.2 Å². The molecule has 0 radical (unpaired) electrons. The van der Waals surface area contributed by atoms with Crippen molar-refractivity contribution in [3.05, 3.63) is 15.8 Å². The molecule has 0 bridgehead atoms.